The molecule has 0 radical (unpaired) electrons. The third-order valence-electron chi connectivity index (χ3n) is 3.73. The molecule has 0 aliphatic carbocycles. The van der Waals surface area contributed by atoms with E-state index in [1.165, 1.54) is 13.4 Å². The van der Waals surface area contributed by atoms with Crippen LogP contribution in [0.1, 0.15) is 6.42 Å². The van der Waals surface area contributed by atoms with Gasteiger partial charge in [-0.2, -0.15) is 4.98 Å². The molecule has 11 nitrogen and oxygen atoms in total. The van der Waals surface area contributed by atoms with E-state index in [9.17, 15) is 19.1 Å². The number of aromatic nitrogens is 4. The zero-order valence-electron chi connectivity index (χ0n) is 12.1. The number of imidazole rings is 1. The van der Waals surface area contributed by atoms with Crippen LogP contribution in [0.2, 0.25) is 0 Å². The van der Waals surface area contributed by atoms with Crippen molar-refractivity contribution in [2.24, 2.45) is 0 Å². The number of nitrogens with one attached hydrogen (secondary N) is 1. The van der Waals surface area contributed by atoms with E-state index in [4.69, 9.17) is 15.2 Å². The lowest BCUT2D eigenvalue weighted by atomic mass is 10.2. The zero-order valence-corrected chi connectivity index (χ0v) is 13.0. The minimum absolute atomic E-state index is 0.0482. The predicted molar refractivity (Wildman–Crippen MR) is 78.7 cm³/mol. The van der Waals surface area contributed by atoms with Gasteiger partial charge in [-0.25, -0.2) is 4.98 Å². The number of nitrogen functional groups attached to an aromatic ring is 1. The molecule has 0 amide bonds. The van der Waals surface area contributed by atoms with Gasteiger partial charge in [0.1, 0.15) is 6.10 Å². The van der Waals surface area contributed by atoms with Gasteiger partial charge in [0.25, 0.3) is 5.56 Å². The maximum atomic E-state index is 11.7. The van der Waals surface area contributed by atoms with E-state index >= 15 is 0 Å². The molecule has 1 aliphatic heterocycles. The molecule has 0 spiro atoms. The number of hydrogen-bond donors (Lipinski definition) is 4. The molecule has 1 aliphatic rings. The SMILES string of the molecule is CO[C@H]1C[C@H](P(=O)(O)O)O[C@@H]1Cn1cnc2c(=O)[nH]c(N)nc21. The number of ether oxygens (including phenoxy) is 2. The Bertz CT molecular complexity index is 828. The molecule has 2 aromatic rings. The second kappa shape index (κ2) is 5.69. The van der Waals surface area contributed by atoms with Crippen molar-refractivity contribution < 1.29 is 23.8 Å². The van der Waals surface area contributed by atoms with Crippen LogP contribution in [0.4, 0.5) is 5.95 Å². The molecule has 23 heavy (non-hydrogen) atoms. The van der Waals surface area contributed by atoms with Crippen LogP contribution in [0, 0.1) is 0 Å². The summed E-state index contributed by atoms with van der Waals surface area (Å²) in [6.45, 7) is 0.168. The van der Waals surface area contributed by atoms with Gasteiger partial charge in [-0.1, -0.05) is 0 Å². The van der Waals surface area contributed by atoms with E-state index in [1.807, 2.05) is 0 Å². The Balaban J connectivity index is 1.90. The number of rotatable bonds is 4. The first-order chi connectivity index (χ1) is 10.8. The van der Waals surface area contributed by atoms with E-state index in [0.29, 0.717) is 0 Å². The molecule has 12 heteroatoms. The summed E-state index contributed by atoms with van der Waals surface area (Å²) in [7, 11) is -2.93. The van der Waals surface area contributed by atoms with Gasteiger partial charge >= 0.3 is 7.60 Å². The minimum Gasteiger partial charge on any atom is -0.379 e. The summed E-state index contributed by atoms with van der Waals surface area (Å²) in [6, 6.07) is 0. The normalized spacial score (nSPS) is 25.3. The molecular weight excluding hydrogens is 329 g/mol. The van der Waals surface area contributed by atoms with Gasteiger partial charge in [-0.05, 0) is 0 Å². The molecule has 126 valence electrons. The molecule has 2 aromatic heterocycles. The standard InChI is InChI=1S/C11H16N5O6P/c1-21-5-2-7(23(18,19)20)22-6(5)3-16-4-13-8-9(16)14-11(12)15-10(8)17/h4-7H,2-3H2,1H3,(H2,18,19,20)(H3,12,14,15,17)/t5-,6+,7-/m0/s1. The third-order valence-corrected chi connectivity index (χ3v) is 4.81. The van der Waals surface area contributed by atoms with Gasteiger partial charge in [0.15, 0.2) is 17.0 Å². The van der Waals surface area contributed by atoms with Crippen LogP contribution in [0.25, 0.3) is 11.2 Å². The number of fused-ring (bicyclic) bond motifs is 1. The number of aromatic amines is 1. The molecule has 0 unspecified atom stereocenters. The van der Waals surface area contributed by atoms with Crippen LogP contribution in [0.15, 0.2) is 11.1 Å². The largest absolute Gasteiger partial charge is 0.379 e. The monoisotopic (exact) mass is 345 g/mol. The summed E-state index contributed by atoms with van der Waals surface area (Å²) in [5.41, 5.74) is 5.45. The van der Waals surface area contributed by atoms with Gasteiger partial charge in [0.2, 0.25) is 5.95 Å². The fourth-order valence-corrected chi connectivity index (χ4v) is 3.42. The Hall–Kier alpha value is -1.78. The second-order valence-electron chi connectivity index (χ2n) is 5.25. The first-order valence-corrected chi connectivity index (χ1v) is 8.42. The molecule has 0 saturated carbocycles. The smallest absolute Gasteiger partial charge is 0.354 e. The van der Waals surface area contributed by atoms with E-state index in [-0.39, 0.29) is 30.1 Å². The number of methoxy groups -OCH3 is 1. The Morgan fingerprint density at radius 2 is 2.35 bits per heavy atom. The number of anilines is 1. The molecule has 1 fully saturated rings. The average molecular weight is 345 g/mol. The highest BCUT2D eigenvalue weighted by molar-refractivity contribution is 7.52. The molecule has 0 bridgehead atoms. The van der Waals surface area contributed by atoms with Gasteiger partial charge in [-0.3, -0.25) is 14.3 Å². The lowest BCUT2D eigenvalue weighted by molar-refractivity contribution is -0.00254. The molecule has 3 rings (SSSR count). The maximum absolute atomic E-state index is 11.7. The Kier molecular flexibility index (Phi) is 3.98. The highest BCUT2D eigenvalue weighted by atomic mass is 31.2. The van der Waals surface area contributed by atoms with Crippen molar-refractivity contribution in [2.75, 3.05) is 12.8 Å². The lowest BCUT2D eigenvalue weighted by Gasteiger charge is -2.18. The topological polar surface area (TPSA) is 166 Å². The van der Waals surface area contributed by atoms with Gasteiger partial charge in [0, 0.05) is 13.5 Å². The van der Waals surface area contributed by atoms with Crippen molar-refractivity contribution >= 4 is 24.7 Å². The van der Waals surface area contributed by atoms with Crippen LogP contribution in [0.5, 0.6) is 0 Å². The average Bonchev–Trinajstić information content (AvgIpc) is 3.03. The molecule has 3 atom stereocenters. The van der Waals surface area contributed by atoms with Crippen LogP contribution >= 0.6 is 7.60 Å². The zero-order chi connectivity index (χ0) is 16.8. The summed E-state index contributed by atoms with van der Waals surface area (Å²) in [5, 5.41) is 0. The van der Waals surface area contributed by atoms with E-state index < -0.39 is 31.2 Å². The molecule has 1 saturated heterocycles. The third kappa shape index (κ3) is 3.01. The van der Waals surface area contributed by atoms with Crippen LogP contribution in [-0.2, 0) is 20.6 Å². The van der Waals surface area contributed by atoms with Crippen molar-refractivity contribution in [2.45, 2.75) is 31.0 Å². The van der Waals surface area contributed by atoms with Crippen LogP contribution in [-0.4, -0.2) is 54.5 Å². The Labute approximate surface area is 129 Å². The van der Waals surface area contributed by atoms with Crippen molar-refractivity contribution in [1.29, 1.82) is 0 Å². The summed E-state index contributed by atoms with van der Waals surface area (Å²) >= 11 is 0. The van der Waals surface area contributed by atoms with Gasteiger partial charge in [-0.15, -0.1) is 0 Å². The van der Waals surface area contributed by atoms with Crippen molar-refractivity contribution in [3.8, 4) is 0 Å². The summed E-state index contributed by atoms with van der Waals surface area (Å²) in [5.74, 6) is -1.26. The van der Waals surface area contributed by atoms with E-state index in [1.54, 1.807) is 4.57 Å². The lowest BCUT2D eigenvalue weighted by Crippen LogP contribution is -2.28. The van der Waals surface area contributed by atoms with Gasteiger partial charge < -0.3 is 29.6 Å². The molecule has 5 N–H and O–H groups in total. The first-order valence-electron chi connectivity index (χ1n) is 6.73. The quantitative estimate of drug-likeness (QED) is 0.509. The fraction of sp³-hybridized carbons (Fsp3) is 0.545. The van der Waals surface area contributed by atoms with Crippen LogP contribution < -0.4 is 11.3 Å². The Morgan fingerprint density at radius 3 is 3.00 bits per heavy atom. The van der Waals surface area contributed by atoms with E-state index in [0.717, 1.165) is 0 Å². The maximum Gasteiger partial charge on any atom is 0.354 e. The van der Waals surface area contributed by atoms with Crippen molar-refractivity contribution in [3.05, 3.63) is 16.7 Å². The number of H-pyrrole nitrogens is 1. The summed E-state index contributed by atoms with van der Waals surface area (Å²) in [6.07, 6.45) is 0.364. The first kappa shape index (κ1) is 16.1. The molecule has 0 aromatic carbocycles. The van der Waals surface area contributed by atoms with Gasteiger partial charge in [0.05, 0.1) is 19.0 Å². The summed E-state index contributed by atoms with van der Waals surface area (Å²) in [4.78, 5) is 40.6. The van der Waals surface area contributed by atoms with Crippen molar-refractivity contribution in [1.82, 2.24) is 19.5 Å². The fourth-order valence-electron chi connectivity index (χ4n) is 2.62. The van der Waals surface area contributed by atoms with Crippen molar-refractivity contribution in [3.63, 3.8) is 0 Å². The number of nitrogens with zero attached hydrogens (tertiary/aromatic N) is 3. The highest BCUT2D eigenvalue weighted by Crippen LogP contribution is 2.48. The Morgan fingerprint density at radius 1 is 1.61 bits per heavy atom. The highest BCUT2D eigenvalue weighted by Gasteiger charge is 2.44. The minimum atomic E-state index is -4.37. The molecular formula is C11H16N5O6P. The summed E-state index contributed by atoms with van der Waals surface area (Å²) < 4.78 is 23.6. The number of hydrogen-bond acceptors (Lipinski definition) is 7. The molecule has 3 heterocycles. The van der Waals surface area contributed by atoms with Crippen LogP contribution in [0.3, 0.4) is 0 Å². The predicted octanol–water partition coefficient (Wildman–Crippen LogP) is -0.990. The number of nitrogens with two attached hydrogens (primary N) is 1. The van der Waals surface area contributed by atoms with E-state index in [2.05, 4.69) is 15.0 Å². The second-order valence-corrected chi connectivity index (χ2v) is 7.00.